The van der Waals surface area contributed by atoms with Crippen molar-refractivity contribution in [3.8, 4) is 5.69 Å². The maximum absolute atomic E-state index is 13.8. The topological polar surface area (TPSA) is 54.3 Å². The first-order valence-electron chi connectivity index (χ1n) is 12.6. The summed E-state index contributed by atoms with van der Waals surface area (Å²) < 4.78 is 15.8. The molecule has 1 amide bonds. The minimum atomic E-state index is -0.421. The predicted molar refractivity (Wildman–Crippen MR) is 136 cm³/mol. The number of benzene rings is 2. The maximum atomic E-state index is 13.8. The second-order valence-corrected chi connectivity index (χ2v) is 10.4. The zero-order chi connectivity index (χ0) is 24.2. The third-order valence-electron chi connectivity index (χ3n) is 7.02. The van der Waals surface area contributed by atoms with Crippen LogP contribution in [-0.2, 0) is 4.79 Å². The lowest BCUT2D eigenvalue weighted by atomic mass is 10.1. The van der Waals surface area contributed by atoms with E-state index < -0.39 is 5.25 Å². The molecule has 2 unspecified atom stereocenters. The number of carbonyl (C=O) groups excluding carboxylic acids is 1. The summed E-state index contributed by atoms with van der Waals surface area (Å²) in [5.41, 5.74) is 1.76. The minimum Gasteiger partial charge on any atom is -0.341 e. The summed E-state index contributed by atoms with van der Waals surface area (Å²) in [5, 5.41) is 9.44. The van der Waals surface area contributed by atoms with E-state index in [1.165, 1.54) is 43.2 Å². The number of likely N-dealkylation sites (tertiary alicyclic amines) is 2. The van der Waals surface area contributed by atoms with E-state index in [0.29, 0.717) is 5.16 Å². The standard InChI is InChI=1S/C27H32FN5OS/c1-20(31-16-6-3-7-17-31)25-29-30-27(33(25)23-14-12-22(28)13-15-23)35-24(21-10-4-2-5-11-21)26(34)32-18-8-9-19-32/h2,4-5,10-15,20,24H,3,6-9,16-19H2,1H3. The van der Waals surface area contributed by atoms with Gasteiger partial charge in [0.25, 0.3) is 0 Å². The lowest BCUT2D eigenvalue weighted by Gasteiger charge is -2.32. The number of hydrogen-bond donors (Lipinski definition) is 0. The molecule has 0 radical (unpaired) electrons. The van der Waals surface area contributed by atoms with Crippen LogP contribution in [0.15, 0.2) is 59.8 Å². The highest BCUT2D eigenvalue weighted by Gasteiger charge is 2.32. The highest BCUT2D eigenvalue weighted by Crippen LogP contribution is 2.39. The molecule has 3 aromatic rings. The highest BCUT2D eigenvalue weighted by atomic mass is 32.2. The molecule has 5 rings (SSSR count). The number of aromatic nitrogens is 3. The van der Waals surface area contributed by atoms with Gasteiger partial charge in [-0.2, -0.15) is 0 Å². The monoisotopic (exact) mass is 493 g/mol. The molecule has 3 heterocycles. The fourth-order valence-corrected chi connectivity index (χ4v) is 6.17. The smallest absolute Gasteiger partial charge is 0.240 e. The van der Waals surface area contributed by atoms with Gasteiger partial charge in [-0.25, -0.2) is 4.39 Å². The number of rotatable bonds is 7. The van der Waals surface area contributed by atoms with Gasteiger partial charge in [0.2, 0.25) is 5.91 Å². The Morgan fingerprint density at radius 2 is 1.54 bits per heavy atom. The van der Waals surface area contributed by atoms with Gasteiger partial charge in [-0.15, -0.1) is 10.2 Å². The molecular weight excluding hydrogens is 461 g/mol. The van der Waals surface area contributed by atoms with Gasteiger partial charge < -0.3 is 4.90 Å². The summed E-state index contributed by atoms with van der Waals surface area (Å²) in [7, 11) is 0. The normalized spacial score (nSPS) is 18.5. The van der Waals surface area contributed by atoms with Crippen molar-refractivity contribution in [3.05, 3.63) is 71.8 Å². The van der Waals surface area contributed by atoms with Crippen molar-refractivity contribution >= 4 is 17.7 Å². The highest BCUT2D eigenvalue weighted by molar-refractivity contribution is 8.00. The molecule has 2 aliphatic rings. The summed E-state index contributed by atoms with van der Waals surface area (Å²) in [5.74, 6) is 0.646. The van der Waals surface area contributed by atoms with Crippen molar-refractivity contribution in [2.75, 3.05) is 26.2 Å². The summed E-state index contributed by atoms with van der Waals surface area (Å²) in [4.78, 5) is 18.0. The molecule has 0 spiro atoms. The molecule has 0 aliphatic carbocycles. The largest absolute Gasteiger partial charge is 0.341 e. The minimum absolute atomic E-state index is 0.0617. The number of thioether (sulfide) groups is 1. The molecule has 184 valence electrons. The lowest BCUT2D eigenvalue weighted by Crippen LogP contribution is -2.33. The third kappa shape index (κ3) is 5.28. The SMILES string of the molecule is CC(c1nnc(SC(C(=O)N2CCCC2)c2ccccc2)n1-c1ccc(F)cc1)N1CCCCC1. The Kier molecular flexibility index (Phi) is 7.48. The first-order valence-corrected chi connectivity index (χ1v) is 13.5. The first kappa shape index (κ1) is 24.0. The fraction of sp³-hybridized carbons (Fsp3) is 0.444. The molecule has 2 aliphatic heterocycles. The zero-order valence-corrected chi connectivity index (χ0v) is 21.0. The van der Waals surface area contributed by atoms with E-state index in [4.69, 9.17) is 0 Å². The van der Waals surface area contributed by atoms with E-state index in [9.17, 15) is 9.18 Å². The molecular formula is C27H32FN5OS. The van der Waals surface area contributed by atoms with Gasteiger partial charge in [0.05, 0.1) is 6.04 Å². The quantitative estimate of drug-likeness (QED) is 0.412. The Bertz CT molecular complexity index is 1120. The van der Waals surface area contributed by atoms with E-state index in [-0.39, 0.29) is 17.8 Å². The molecule has 6 nitrogen and oxygen atoms in total. The van der Waals surface area contributed by atoms with Crippen LogP contribution in [0.25, 0.3) is 5.69 Å². The van der Waals surface area contributed by atoms with Crippen molar-refractivity contribution < 1.29 is 9.18 Å². The third-order valence-corrected chi connectivity index (χ3v) is 8.21. The molecule has 0 bridgehead atoms. The first-order chi connectivity index (χ1) is 17.1. The molecule has 8 heteroatoms. The number of halogens is 1. The van der Waals surface area contributed by atoms with E-state index in [1.807, 2.05) is 39.8 Å². The van der Waals surface area contributed by atoms with Crippen molar-refractivity contribution in [3.63, 3.8) is 0 Å². The molecule has 1 aromatic heterocycles. The number of nitrogens with zero attached hydrogens (tertiary/aromatic N) is 5. The molecule has 2 saturated heterocycles. The van der Waals surface area contributed by atoms with Gasteiger partial charge in [-0.3, -0.25) is 14.3 Å². The van der Waals surface area contributed by atoms with E-state index in [0.717, 1.165) is 56.1 Å². The summed E-state index contributed by atoms with van der Waals surface area (Å²) in [6, 6.07) is 16.4. The number of carbonyl (C=O) groups is 1. The molecule has 0 N–H and O–H groups in total. The van der Waals surface area contributed by atoms with Crippen LogP contribution in [0, 0.1) is 5.82 Å². The number of hydrogen-bond acceptors (Lipinski definition) is 5. The summed E-state index contributed by atoms with van der Waals surface area (Å²) >= 11 is 1.43. The van der Waals surface area contributed by atoms with Gasteiger partial charge in [-0.05, 0) is 75.5 Å². The average molecular weight is 494 g/mol. The second kappa shape index (κ2) is 10.9. The van der Waals surface area contributed by atoms with Crippen molar-refractivity contribution in [1.29, 1.82) is 0 Å². The van der Waals surface area contributed by atoms with Crippen molar-refractivity contribution in [2.45, 2.75) is 55.5 Å². The summed E-state index contributed by atoms with van der Waals surface area (Å²) in [6.07, 6.45) is 5.70. The van der Waals surface area contributed by atoms with Crippen LogP contribution in [0.1, 0.15) is 61.7 Å². The maximum Gasteiger partial charge on any atom is 0.240 e. The summed E-state index contributed by atoms with van der Waals surface area (Å²) in [6.45, 7) is 5.81. The van der Waals surface area contributed by atoms with Crippen LogP contribution in [0.2, 0.25) is 0 Å². The zero-order valence-electron chi connectivity index (χ0n) is 20.1. The van der Waals surface area contributed by atoms with Crippen LogP contribution in [0.4, 0.5) is 4.39 Å². The number of piperidine rings is 1. The Labute approximate surface area is 210 Å². The predicted octanol–water partition coefficient (Wildman–Crippen LogP) is 5.41. The van der Waals surface area contributed by atoms with Gasteiger partial charge in [0.15, 0.2) is 11.0 Å². The van der Waals surface area contributed by atoms with Crippen LogP contribution in [-0.4, -0.2) is 56.7 Å². The van der Waals surface area contributed by atoms with Gasteiger partial charge in [0.1, 0.15) is 11.1 Å². The molecule has 0 saturated carbocycles. The van der Waals surface area contributed by atoms with Crippen molar-refractivity contribution in [2.24, 2.45) is 0 Å². The average Bonchev–Trinajstić information content (AvgIpc) is 3.59. The Morgan fingerprint density at radius 1 is 0.886 bits per heavy atom. The van der Waals surface area contributed by atoms with Crippen LogP contribution in [0.3, 0.4) is 0 Å². The van der Waals surface area contributed by atoms with E-state index in [1.54, 1.807) is 12.1 Å². The van der Waals surface area contributed by atoms with E-state index in [2.05, 4.69) is 22.0 Å². The lowest BCUT2D eigenvalue weighted by molar-refractivity contribution is -0.129. The Morgan fingerprint density at radius 3 is 2.23 bits per heavy atom. The number of amides is 1. The van der Waals surface area contributed by atoms with Crippen molar-refractivity contribution in [1.82, 2.24) is 24.6 Å². The van der Waals surface area contributed by atoms with Crippen LogP contribution in [0.5, 0.6) is 0 Å². The Hall–Kier alpha value is -2.71. The van der Waals surface area contributed by atoms with Gasteiger partial charge in [0, 0.05) is 18.8 Å². The van der Waals surface area contributed by atoms with Gasteiger partial charge >= 0.3 is 0 Å². The van der Waals surface area contributed by atoms with Crippen LogP contribution < -0.4 is 0 Å². The second-order valence-electron chi connectivity index (χ2n) is 9.37. The van der Waals surface area contributed by atoms with Gasteiger partial charge in [-0.1, -0.05) is 48.5 Å². The fourth-order valence-electron chi connectivity index (χ4n) is 5.03. The van der Waals surface area contributed by atoms with E-state index >= 15 is 0 Å². The van der Waals surface area contributed by atoms with Crippen LogP contribution >= 0.6 is 11.8 Å². The molecule has 2 aromatic carbocycles. The molecule has 2 fully saturated rings. The molecule has 2 atom stereocenters. The molecule has 35 heavy (non-hydrogen) atoms. The Balaban J connectivity index is 1.53.